The van der Waals surface area contributed by atoms with Gasteiger partial charge in [0.05, 0.1) is 27.6 Å². The number of aromatic amines is 2. The number of nitrogens with one attached hydrogen (secondary N) is 2. The highest BCUT2D eigenvalue weighted by molar-refractivity contribution is 6.05. The van der Waals surface area contributed by atoms with Crippen molar-refractivity contribution >= 4 is 49.3 Å². The molecule has 2 N–H and O–H groups in total. The van der Waals surface area contributed by atoms with Crippen molar-refractivity contribution in [1.82, 2.24) is 9.97 Å². The Morgan fingerprint density at radius 3 is 2.00 bits per heavy atom. The van der Waals surface area contributed by atoms with E-state index in [1.165, 1.54) is 0 Å². The number of pyridine rings is 2. The molecule has 33 heavy (non-hydrogen) atoms. The van der Waals surface area contributed by atoms with E-state index in [1.54, 1.807) is 0 Å². The number of nitrogens with zero attached hydrogens (tertiary/aromatic N) is 1. The molecule has 0 amide bonds. The SMILES string of the molecule is CCCN(CCC)c1cccc2[nH]c3cc4c(=O)c5cc(CC)ccc5[nH]c4cc3c(=O)c12. The minimum Gasteiger partial charge on any atom is -0.371 e. The van der Waals surface area contributed by atoms with E-state index in [9.17, 15) is 9.59 Å². The first-order valence-electron chi connectivity index (χ1n) is 11.9. The molecule has 0 unspecified atom stereocenters. The molecule has 3 aromatic carbocycles. The van der Waals surface area contributed by atoms with Gasteiger partial charge in [0, 0.05) is 34.8 Å². The largest absolute Gasteiger partial charge is 0.371 e. The number of aromatic nitrogens is 2. The molecule has 0 atom stereocenters. The molecule has 0 aliphatic carbocycles. The molecule has 0 bridgehead atoms. The molecule has 5 heteroatoms. The normalized spacial score (nSPS) is 11.7. The molecular formula is C28H29N3O2. The smallest absolute Gasteiger partial charge is 0.199 e. The molecule has 0 aliphatic rings. The lowest BCUT2D eigenvalue weighted by Gasteiger charge is -2.25. The van der Waals surface area contributed by atoms with E-state index in [4.69, 9.17) is 0 Å². The number of fused-ring (bicyclic) bond motifs is 4. The summed E-state index contributed by atoms with van der Waals surface area (Å²) in [6.45, 7) is 8.20. The molecule has 2 heterocycles. The first kappa shape index (κ1) is 21.3. The second-order valence-electron chi connectivity index (χ2n) is 8.77. The van der Waals surface area contributed by atoms with Crippen LogP contribution in [0.1, 0.15) is 39.2 Å². The van der Waals surface area contributed by atoms with E-state index in [-0.39, 0.29) is 10.9 Å². The van der Waals surface area contributed by atoms with Gasteiger partial charge in [-0.2, -0.15) is 0 Å². The zero-order valence-electron chi connectivity index (χ0n) is 19.4. The van der Waals surface area contributed by atoms with Crippen LogP contribution in [0.5, 0.6) is 0 Å². The van der Waals surface area contributed by atoms with Crippen molar-refractivity contribution in [2.75, 3.05) is 18.0 Å². The van der Waals surface area contributed by atoms with Gasteiger partial charge in [-0.3, -0.25) is 9.59 Å². The highest BCUT2D eigenvalue weighted by Gasteiger charge is 2.16. The maximum absolute atomic E-state index is 13.8. The predicted molar refractivity (Wildman–Crippen MR) is 140 cm³/mol. The molecule has 0 saturated heterocycles. The number of benzene rings is 3. The van der Waals surface area contributed by atoms with Crippen LogP contribution in [0.3, 0.4) is 0 Å². The van der Waals surface area contributed by atoms with Crippen LogP contribution in [-0.4, -0.2) is 23.1 Å². The zero-order valence-corrected chi connectivity index (χ0v) is 19.4. The van der Waals surface area contributed by atoms with Gasteiger partial charge in [0.15, 0.2) is 10.9 Å². The molecule has 0 spiro atoms. The van der Waals surface area contributed by atoms with Crippen LogP contribution in [0.15, 0.2) is 58.1 Å². The molecular weight excluding hydrogens is 410 g/mol. The highest BCUT2D eigenvalue weighted by Crippen LogP contribution is 2.27. The number of aryl methyl sites for hydroxylation is 1. The molecule has 0 saturated carbocycles. The standard InChI is InChI=1S/C28H29N3O2/c1-4-12-31(13-5-2)25-9-7-8-22-26(25)28(33)20-16-23-19(15-24(20)30-22)27(32)18-14-17(6-3)10-11-21(18)29-23/h7-11,14-16H,4-6,12-13H2,1-3H3,(H,29,32)(H,30,33). The van der Waals surface area contributed by atoms with E-state index in [0.29, 0.717) is 32.6 Å². The Balaban J connectivity index is 1.83. The van der Waals surface area contributed by atoms with Gasteiger partial charge in [0.25, 0.3) is 0 Å². The molecule has 2 aromatic heterocycles. The van der Waals surface area contributed by atoms with Gasteiger partial charge < -0.3 is 14.9 Å². The Bertz CT molecular complexity index is 1620. The minimum atomic E-state index is -0.0114. The molecule has 0 fully saturated rings. The van der Waals surface area contributed by atoms with Crippen molar-refractivity contribution in [1.29, 1.82) is 0 Å². The average Bonchev–Trinajstić information content (AvgIpc) is 2.83. The summed E-state index contributed by atoms with van der Waals surface area (Å²) in [5.41, 5.74) is 5.04. The van der Waals surface area contributed by atoms with Crippen molar-refractivity contribution in [2.45, 2.75) is 40.0 Å². The van der Waals surface area contributed by atoms with Gasteiger partial charge in [0.2, 0.25) is 0 Å². The van der Waals surface area contributed by atoms with Crippen molar-refractivity contribution < 1.29 is 0 Å². The average molecular weight is 440 g/mol. The van der Waals surface area contributed by atoms with Crippen LogP contribution in [0.4, 0.5) is 5.69 Å². The molecule has 5 nitrogen and oxygen atoms in total. The van der Waals surface area contributed by atoms with Crippen molar-refractivity contribution in [3.8, 4) is 0 Å². The van der Waals surface area contributed by atoms with Gasteiger partial charge in [-0.25, -0.2) is 0 Å². The first-order valence-corrected chi connectivity index (χ1v) is 11.9. The van der Waals surface area contributed by atoms with Crippen molar-refractivity contribution in [3.63, 3.8) is 0 Å². The van der Waals surface area contributed by atoms with E-state index in [2.05, 4.69) is 35.6 Å². The van der Waals surface area contributed by atoms with Gasteiger partial charge in [0.1, 0.15) is 0 Å². The van der Waals surface area contributed by atoms with Gasteiger partial charge >= 0.3 is 0 Å². The fourth-order valence-corrected chi connectivity index (χ4v) is 4.90. The third-order valence-corrected chi connectivity index (χ3v) is 6.52. The Morgan fingerprint density at radius 2 is 1.33 bits per heavy atom. The summed E-state index contributed by atoms with van der Waals surface area (Å²) in [6.07, 6.45) is 2.90. The number of hydrogen-bond acceptors (Lipinski definition) is 3. The van der Waals surface area contributed by atoms with Crippen LogP contribution in [-0.2, 0) is 6.42 Å². The van der Waals surface area contributed by atoms with Gasteiger partial charge in [-0.05, 0) is 61.2 Å². The Morgan fingerprint density at radius 1 is 0.697 bits per heavy atom. The second kappa shape index (κ2) is 8.39. The number of H-pyrrole nitrogens is 2. The summed E-state index contributed by atoms with van der Waals surface area (Å²) < 4.78 is 0. The summed E-state index contributed by atoms with van der Waals surface area (Å²) in [5, 5.41) is 2.58. The number of hydrogen-bond donors (Lipinski definition) is 2. The topological polar surface area (TPSA) is 69.0 Å². The minimum absolute atomic E-state index is 0.00395. The second-order valence-corrected chi connectivity index (χ2v) is 8.77. The van der Waals surface area contributed by atoms with E-state index in [0.717, 1.165) is 54.6 Å². The van der Waals surface area contributed by atoms with Crippen LogP contribution in [0, 0.1) is 0 Å². The lowest BCUT2D eigenvalue weighted by molar-refractivity contribution is 0.747. The Hall–Kier alpha value is -3.60. The summed E-state index contributed by atoms with van der Waals surface area (Å²) in [6, 6.07) is 15.6. The third kappa shape index (κ3) is 3.48. The molecule has 0 radical (unpaired) electrons. The maximum atomic E-state index is 13.8. The van der Waals surface area contributed by atoms with Crippen LogP contribution < -0.4 is 15.8 Å². The molecule has 5 rings (SSSR count). The molecule has 168 valence electrons. The van der Waals surface area contributed by atoms with Gasteiger partial charge in [-0.15, -0.1) is 0 Å². The van der Waals surface area contributed by atoms with Crippen molar-refractivity contribution in [3.05, 3.63) is 74.5 Å². The number of anilines is 1. The fourth-order valence-electron chi connectivity index (χ4n) is 4.90. The Kier molecular flexibility index (Phi) is 5.41. The number of rotatable bonds is 6. The zero-order chi connectivity index (χ0) is 23.1. The van der Waals surface area contributed by atoms with E-state index >= 15 is 0 Å². The summed E-state index contributed by atoms with van der Waals surface area (Å²) in [7, 11) is 0. The fraction of sp³-hybridized carbons (Fsp3) is 0.286. The monoisotopic (exact) mass is 439 g/mol. The summed E-state index contributed by atoms with van der Waals surface area (Å²) in [5.74, 6) is 0. The van der Waals surface area contributed by atoms with Crippen LogP contribution in [0.2, 0.25) is 0 Å². The first-order chi connectivity index (χ1) is 16.0. The van der Waals surface area contributed by atoms with E-state index in [1.807, 2.05) is 48.5 Å². The summed E-state index contributed by atoms with van der Waals surface area (Å²) in [4.78, 5) is 36.2. The van der Waals surface area contributed by atoms with Gasteiger partial charge in [-0.1, -0.05) is 32.9 Å². The quantitative estimate of drug-likeness (QED) is 0.325. The third-order valence-electron chi connectivity index (χ3n) is 6.52. The van der Waals surface area contributed by atoms with Crippen molar-refractivity contribution in [2.24, 2.45) is 0 Å². The van der Waals surface area contributed by atoms with Crippen LogP contribution in [0.25, 0.3) is 43.6 Å². The maximum Gasteiger partial charge on any atom is 0.199 e. The Labute approximate surface area is 192 Å². The molecule has 5 aromatic rings. The lowest BCUT2D eigenvalue weighted by Crippen LogP contribution is -2.26. The predicted octanol–water partition coefficient (Wildman–Crippen LogP) is 5.86. The van der Waals surface area contributed by atoms with Crippen LogP contribution >= 0.6 is 0 Å². The van der Waals surface area contributed by atoms with E-state index < -0.39 is 0 Å². The lowest BCUT2D eigenvalue weighted by atomic mass is 10.0. The molecule has 0 aliphatic heterocycles. The highest BCUT2D eigenvalue weighted by atomic mass is 16.1. The summed E-state index contributed by atoms with van der Waals surface area (Å²) >= 11 is 0.